The van der Waals surface area contributed by atoms with Gasteiger partial charge in [0.15, 0.2) is 0 Å². The molecule has 1 aliphatic rings. The van der Waals surface area contributed by atoms with E-state index in [2.05, 4.69) is 5.32 Å². The van der Waals surface area contributed by atoms with Crippen molar-refractivity contribution in [2.24, 2.45) is 0 Å². The molecule has 3 rings (SSSR count). The number of hydrogen-bond acceptors (Lipinski definition) is 5. The van der Waals surface area contributed by atoms with E-state index >= 15 is 0 Å². The third-order valence-corrected chi connectivity index (χ3v) is 7.97. The van der Waals surface area contributed by atoms with Crippen molar-refractivity contribution < 1.29 is 17.6 Å². The quantitative estimate of drug-likeness (QED) is 0.719. The Hall–Kier alpha value is -1.81. The molecule has 0 spiro atoms. The Bertz CT molecular complexity index is 902. The van der Waals surface area contributed by atoms with Gasteiger partial charge < -0.3 is 5.32 Å². The smallest absolute Gasteiger partial charge is 0.243 e. The summed E-state index contributed by atoms with van der Waals surface area (Å²) < 4.78 is 40.2. The van der Waals surface area contributed by atoms with Gasteiger partial charge in [0.1, 0.15) is 5.82 Å². The molecule has 1 aromatic heterocycles. The molecule has 1 saturated heterocycles. The van der Waals surface area contributed by atoms with Gasteiger partial charge >= 0.3 is 0 Å². The first-order valence-corrected chi connectivity index (χ1v) is 12.0. The van der Waals surface area contributed by atoms with Crippen molar-refractivity contribution in [3.63, 3.8) is 0 Å². The summed E-state index contributed by atoms with van der Waals surface area (Å²) in [6.07, 6.45) is 1.44. The highest BCUT2D eigenvalue weighted by atomic mass is 32.2. The van der Waals surface area contributed by atoms with E-state index in [-0.39, 0.29) is 16.8 Å². The Kier molecular flexibility index (Phi) is 7.39. The van der Waals surface area contributed by atoms with Gasteiger partial charge in [0.2, 0.25) is 15.9 Å². The fraction of sp³-hybridized carbons (Fsp3) is 0.450. The van der Waals surface area contributed by atoms with Gasteiger partial charge in [0, 0.05) is 37.6 Å². The van der Waals surface area contributed by atoms with Crippen molar-refractivity contribution >= 4 is 27.3 Å². The van der Waals surface area contributed by atoms with E-state index in [9.17, 15) is 17.6 Å². The van der Waals surface area contributed by atoms with Crippen LogP contribution < -0.4 is 5.32 Å². The molecule has 1 aliphatic heterocycles. The van der Waals surface area contributed by atoms with Gasteiger partial charge in [-0.25, -0.2) is 12.8 Å². The van der Waals surface area contributed by atoms with Crippen LogP contribution in [0, 0.1) is 5.82 Å². The summed E-state index contributed by atoms with van der Waals surface area (Å²) in [6.45, 7) is 4.23. The third kappa shape index (κ3) is 5.63. The number of amides is 1. The zero-order chi connectivity index (χ0) is 20.9. The Labute approximate surface area is 175 Å². The molecule has 1 atom stereocenters. The van der Waals surface area contributed by atoms with Crippen LogP contribution >= 0.6 is 11.3 Å². The molecule has 9 heteroatoms. The van der Waals surface area contributed by atoms with Crippen molar-refractivity contribution in [2.75, 3.05) is 32.7 Å². The molecule has 6 nitrogen and oxygen atoms in total. The summed E-state index contributed by atoms with van der Waals surface area (Å²) in [5.41, 5.74) is 0. The van der Waals surface area contributed by atoms with E-state index in [1.807, 2.05) is 29.3 Å². The monoisotopic (exact) mass is 439 g/mol. The van der Waals surface area contributed by atoms with Crippen LogP contribution in [0.4, 0.5) is 4.39 Å². The molecule has 0 bridgehead atoms. The highest BCUT2D eigenvalue weighted by molar-refractivity contribution is 7.89. The van der Waals surface area contributed by atoms with Gasteiger partial charge in [-0.3, -0.25) is 9.69 Å². The van der Waals surface area contributed by atoms with Crippen LogP contribution in [0.3, 0.4) is 0 Å². The SMILES string of the molecule is C[C@@H](C(=O)NCCc1cccs1)N1CCCN(S(=O)(=O)c2ccc(F)cc2)CC1. The lowest BCUT2D eigenvalue weighted by Gasteiger charge is -2.27. The van der Waals surface area contributed by atoms with Crippen molar-refractivity contribution in [2.45, 2.75) is 30.7 Å². The minimum atomic E-state index is -3.67. The van der Waals surface area contributed by atoms with Gasteiger partial charge in [-0.05, 0) is 55.5 Å². The number of nitrogens with zero attached hydrogens (tertiary/aromatic N) is 2. The molecule has 0 saturated carbocycles. The van der Waals surface area contributed by atoms with Crippen molar-refractivity contribution in [1.82, 2.24) is 14.5 Å². The molecule has 0 aliphatic carbocycles. The molecule has 0 unspecified atom stereocenters. The first kappa shape index (κ1) is 21.9. The number of hydrogen-bond donors (Lipinski definition) is 1. The maximum atomic E-state index is 13.1. The molecule has 1 N–H and O–H groups in total. The number of thiophene rings is 1. The standard InChI is InChI=1S/C20H26FN3O3S2/c1-16(20(25)22-10-9-18-4-2-15-28-18)23-11-3-12-24(14-13-23)29(26,27)19-7-5-17(21)6-8-19/h2,4-8,15-16H,3,9-14H2,1H3,(H,22,25)/t16-/m0/s1. The van der Waals surface area contributed by atoms with E-state index in [1.165, 1.54) is 21.3 Å². The number of carbonyl (C=O) groups is 1. The number of benzene rings is 1. The number of carbonyl (C=O) groups excluding carboxylic acids is 1. The average Bonchev–Trinajstić information content (AvgIpc) is 3.09. The maximum absolute atomic E-state index is 13.1. The highest BCUT2D eigenvalue weighted by Gasteiger charge is 2.29. The molecule has 1 aromatic carbocycles. The van der Waals surface area contributed by atoms with E-state index in [1.54, 1.807) is 11.3 Å². The number of nitrogens with one attached hydrogen (secondary N) is 1. The topological polar surface area (TPSA) is 69.7 Å². The largest absolute Gasteiger partial charge is 0.354 e. The molecular weight excluding hydrogens is 413 g/mol. The van der Waals surface area contributed by atoms with E-state index in [0.717, 1.165) is 18.6 Å². The number of rotatable bonds is 7. The lowest BCUT2D eigenvalue weighted by molar-refractivity contribution is -0.125. The Morgan fingerprint density at radius 3 is 2.62 bits per heavy atom. The molecule has 2 heterocycles. The third-order valence-electron chi connectivity index (χ3n) is 5.12. The summed E-state index contributed by atoms with van der Waals surface area (Å²) in [7, 11) is -3.67. The van der Waals surface area contributed by atoms with Crippen molar-refractivity contribution in [3.8, 4) is 0 Å². The van der Waals surface area contributed by atoms with Gasteiger partial charge in [-0.15, -0.1) is 11.3 Å². The van der Waals surface area contributed by atoms with E-state index in [4.69, 9.17) is 0 Å². The fourth-order valence-corrected chi connectivity index (χ4v) is 5.55. The van der Waals surface area contributed by atoms with Gasteiger partial charge in [-0.1, -0.05) is 6.07 Å². The van der Waals surface area contributed by atoms with Crippen LogP contribution in [0.5, 0.6) is 0 Å². The summed E-state index contributed by atoms with van der Waals surface area (Å²) >= 11 is 1.67. The van der Waals surface area contributed by atoms with Gasteiger partial charge in [0.25, 0.3) is 0 Å². The van der Waals surface area contributed by atoms with Crippen LogP contribution in [0.15, 0.2) is 46.7 Å². The second-order valence-corrected chi connectivity index (χ2v) is 10.0. The average molecular weight is 440 g/mol. The van der Waals surface area contributed by atoms with Crippen LogP contribution in [0.25, 0.3) is 0 Å². The molecule has 0 radical (unpaired) electrons. The summed E-state index contributed by atoms with van der Waals surface area (Å²) in [6, 6.07) is 8.60. The lowest BCUT2D eigenvalue weighted by atomic mass is 10.2. The minimum absolute atomic E-state index is 0.0450. The summed E-state index contributed by atoms with van der Waals surface area (Å²) in [5, 5.41) is 4.99. The Balaban J connectivity index is 1.54. The van der Waals surface area contributed by atoms with Gasteiger partial charge in [-0.2, -0.15) is 4.31 Å². The minimum Gasteiger partial charge on any atom is -0.354 e. The first-order valence-electron chi connectivity index (χ1n) is 9.68. The van der Waals surface area contributed by atoms with Crippen LogP contribution in [-0.2, 0) is 21.2 Å². The summed E-state index contributed by atoms with van der Waals surface area (Å²) in [5.74, 6) is -0.513. The fourth-order valence-electron chi connectivity index (χ4n) is 3.37. The normalized spacial score (nSPS) is 17.6. The second-order valence-electron chi connectivity index (χ2n) is 7.04. The molecule has 1 amide bonds. The predicted octanol–water partition coefficient (Wildman–Crippen LogP) is 2.33. The Morgan fingerprint density at radius 2 is 1.93 bits per heavy atom. The molecule has 2 aromatic rings. The maximum Gasteiger partial charge on any atom is 0.243 e. The van der Waals surface area contributed by atoms with Crippen molar-refractivity contribution in [1.29, 1.82) is 0 Å². The molecular formula is C20H26FN3O3S2. The lowest BCUT2D eigenvalue weighted by Crippen LogP contribution is -2.47. The van der Waals surface area contributed by atoms with Crippen LogP contribution in [-0.4, -0.2) is 62.3 Å². The first-order chi connectivity index (χ1) is 13.9. The number of halogens is 1. The van der Waals surface area contributed by atoms with E-state index in [0.29, 0.717) is 39.1 Å². The van der Waals surface area contributed by atoms with Gasteiger partial charge in [0.05, 0.1) is 10.9 Å². The number of sulfonamides is 1. The van der Waals surface area contributed by atoms with E-state index < -0.39 is 15.8 Å². The Morgan fingerprint density at radius 1 is 1.17 bits per heavy atom. The highest BCUT2D eigenvalue weighted by Crippen LogP contribution is 2.19. The molecule has 29 heavy (non-hydrogen) atoms. The second kappa shape index (κ2) is 9.80. The van der Waals surface area contributed by atoms with Crippen molar-refractivity contribution in [3.05, 3.63) is 52.5 Å². The van der Waals surface area contributed by atoms with Crippen LogP contribution in [0.2, 0.25) is 0 Å². The summed E-state index contributed by atoms with van der Waals surface area (Å²) in [4.78, 5) is 15.8. The zero-order valence-corrected chi connectivity index (χ0v) is 18.0. The van der Waals surface area contributed by atoms with Crippen LogP contribution in [0.1, 0.15) is 18.2 Å². The molecule has 158 valence electrons. The predicted molar refractivity (Wildman–Crippen MR) is 112 cm³/mol. The molecule has 1 fully saturated rings. The zero-order valence-electron chi connectivity index (χ0n) is 16.4.